The van der Waals surface area contributed by atoms with E-state index in [9.17, 15) is 9.90 Å². The van der Waals surface area contributed by atoms with E-state index in [1.165, 1.54) is 0 Å². The number of benzene rings is 2. The molecule has 2 aromatic carbocycles. The van der Waals surface area contributed by atoms with Crippen LogP contribution in [0.3, 0.4) is 0 Å². The van der Waals surface area contributed by atoms with E-state index in [2.05, 4.69) is 43.8 Å². The van der Waals surface area contributed by atoms with E-state index in [0.717, 1.165) is 33.9 Å². The quantitative estimate of drug-likeness (QED) is 0.457. The maximum absolute atomic E-state index is 12.0. The van der Waals surface area contributed by atoms with Crippen LogP contribution < -0.4 is 0 Å². The molecule has 0 saturated carbocycles. The lowest BCUT2D eigenvalue weighted by atomic mass is 9.83. The summed E-state index contributed by atoms with van der Waals surface area (Å²) >= 11 is 0. The molecule has 0 radical (unpaired) electrons. The molecule has 7 heteroatoms. The highest BCUT2D eigenvalue weighted by Crippen LogP contribution is 2.32. The number of pyridine rings is 1. The fourth-order valence-corrected chi connectivity index (χ4v) is 4.01. The first-order valence-corrected chi connectivity index (χ1v) is 10.1. The highest BCUT2D eigenvalue weighted by atomic mass is 16.4. The van der Waals surface area contributed by atoms with Gasteiger partial charge in [-0.25, -0.2) is 0 Å². The van der Waals surface area contributed by atoms with Gasteiger partial charge in [-0.05, 0) is 29.4 Å². The molecular weight excluding hydrogens is 378 g/mol. The summed E-state index contributed by atoms with van der Waals surface area (Å²) in [7, 11) is 0. The van der Waals surface area contributed by atoms with Crippen molar-refractivity contribution >= 4 is 16.7 Å². The van der Waals surface area contributed by atoms with E-state index in [-0.39, 0.29) is 5.92 Å². The Hall–Kier alpha value is -3.61. The Morgan fingerprint density at radius 1 is 1.13 bits per heavy atom. The average molecular weight is 401 g/mol. The molecule has 0 spiro atoms. The summed E-state index contributed by atoms with van der Waals surface area (Å²) in [5.74, 6) is -1.33. The largest absolute Gasteiger partial charge is 0.481 e. The van der Waals surface area contributed by atoms with Crippen LogP contribution in [-0.4, -0.2) is 36.7 Å². The van der Waals surface area contributed by atoms with Crippen molar-refractivity contribution in [2.45, 2.75) is 32.1 Å². The number of carboxylic acid groups (broad SMARTS) is 1. The van der Waals surface area contributed by atoms with Gasteiger partial charge in [-0.15, -0.1) is 10.2 Å². The second-order valence-corrected chi connectivity index (χ2v) is 7.42. The van der Waals surface area contributed by atoms with E-state index in [1.54, 1.807) is 0 Å². The minimum Gasteiger partial charge on any atom is -0.481 e. The van der Waals surface area contributed by atoms with Crippen LogP contribution in [0, 0.1) is 5.92 Å². The topological polar surface area (TPSA) is 105 Å². The Balaban J connectivity index is 1.71. The minimum atomic E-state index is -0.832. The number of fused-ring (bicyclic) bond motifs is 1. The Labute approximate surface area is 174 Å². The van der Waals surface area contributed by atoms with Gasteiger partial charge in [-0.3, -0.25) is 9.78 Å². The van der Waals surface area contributed by atoms with Gasteiger partial charge in [-0.2, -0.15) is 5.21 Å². The number of nitrogens with one attached hydrogen (secondary N) is 1. The molecule has 0 aliphatic carbocycles. The fraction of sp³-hybridized carbons (Fsp3) is 0.261. The fourth-order valence-electron chi connectivity index (χ4n) is 4.01. The van der Waals surface area contributed by atoms with Gasteiger partial charge in [0.2, 0.25) is 0 Å². The van der Waals surface area contributed by atoms with Gasteiger partial charge in [0, 0.05) is 29.3 Å². The molecule has 0 aliphatic heterocycles. The van der Waals surface area contributed by atoms with E-state index in [1.807, 2.05) is 49.6 Å². The zero-order valence-electron chi connectivity index (χ0n) is 16.7. The number of rotatable bonds is 8. The van der Waals surface area contributed by atoms with Crippen LogP contribution >= 0.6 is 0 Å². The minimum absolute atomic E-state index is 0.359. The second kappa shape index (κ2) is 8.82. The molecule has 0 saturated heterocycles. The number of H-pyrrole nitrogens is 1. The van der Waals surface area contributed by atoms with Crippen LogP contribution in [-0.2, 0) is 11.2 Å². The van der Waals surface area contributed by atoms with E-state index < -0.39 is 11.9 Å². The Morgan fingerprint density at radius 3 is 2.77 bits per heavy atom. The van der Waals surface area contributed by atoms with Gasteiger partial charge in [-0.1, -0.05) is 67.1 Å². The number of carbonyl (C=O) groups is 1. The number of carboxylic acids is 1. The summed E-state index contributed by atoms with van der Waals surface area (Å²) < 4.78 is 0. The zero-order valence-corrected chi connectivity index (χ0v) is 16.7. The SMILES string of the molecule is CCC[C@H](C(=O)O)[C@H](Cc1cccc(-c2cncc3ccccc23)c1)c1nn[nH]n1. The molecule has 0 aliphatic rings. The Kier molecular flexibility index (Phi) is 5.79. The number of tetrazole rings is 1. The third kappa shape index (κ3) is 4.05. The highest BCUT2D eigenvalue weighted by molar-refractivity contribution is 5.95. The number of hydrogen-bond donors (Lipinski definition) is 2. The third-order valence-electron chi connectivity index (χ3n) is 5.46. The molecule has 30 heavy (non-hydrogen) atoms. The standard InChI is InChI=1S/C23H23N5O2/c1-2-6-19(23(29)30)20(22-25-27-28-26-22)12-15-7-5-9-16(11-15)21-14-24-13-17-8-3-4-10-18(17)21/h3-5,7-11,13-14,19-20H,2,6,12H2,1H3,(H,29,30)(H,25,26,27,28)/t19-,20-/m0/s1. The molecule has 2 N–H and O–H groups in total. The molecule has 0 unspecified atom stereocenters. The maximum atomic E-state index is 12.0. The van der Waals surface area contributed by atoms with Crippen molar-refractivity contribution in [2.24, 2.45) is 5.92 Å². The van der Waals surface area contributed by atoms with Gasteiger partial charge in [0.15, 0.2) is 5.82 Å². The maximum Gasteiger partial charge on any atom is 0.307 e. The monoisotopic (exact) mass is 401 g/mol. The molecule has 2 atom stereocenters. The third-order valence-corrected chi connectivity index (χ3v) is 5.46. The van der Waals surface area contributed by atoms with Gasteiger partial charge >= 0.3 is 5.97 Å². The van der Waals surface area contributed by atoms with Crippen LogP contribution in [0.5, 0.6) is 0 Å². The summed E-state index contributed by atoms with van der Waals surface area (Å²) in [5.41, 5.74) is 3.12. The number of aromatic nitrogens is 5. The van der Waals surface area contributed by atoms with Crippen LogP contribution in [0.25, 0.3) is 21.9 Å². The first-order chi connectivity index (χ1) is 14.7. The van der Waals surface area contributed by atoms with Crippen LogP contribution in [0.15, 0.2) is 60.9 Å². The lowest BCUT2D eigenvalue weighted by Gasteiger charge is -2.21. The summed E-state index contributed by atoms with van der Waals surface area (Å²) in [5, 5.41) is 26.3. The van der Waals surface area contributed by atoms with Gasteiger partial charge in [0.05, 0.1) is 5.92 Å². The van der Waals surface area contributed by atoms with E-state index in [4.69, 9.17) is 0 Å². The molecule has 0 fully saturated rings. The summed E-state index contributed by atoms with van der Waals surface area (Å²) in [6.07, 6.45) is 5.57. The van der Waals surface area contributed by atoms with Crippen molar-refractivity contribution in [1.82, 2.24) is 25.6 Å². The predicted octanol–water partition coefficient (Wildman–Crippen LogP) is 4.24. The van der Waals surface area contributed by atoms with Crippen LogP contribution in [0.1, 0.15) is 37.1 Å². The first-order valence-electron chi connectivity index (χ1n) is 10.1. The van der Waals surface area contributed by atoms with Crippen molar-refractivity contribution < 1.29 is 9.90 Å². The molecule has 4 aromatic rings. The van der Waals surface area contributed by atoms with Gasteiger partial charge in [0.25, 0.3) is 0 Å². The molecule has 2 heterocycles. The molecule has 0 bridgehead atoms. The van der Waals surface area contributed by atoms with Crippen molar-refractivity contribution in [3.05, 3.63) is 72.3 Å². The number of aromatic amines is 1. The number of nitrogens with zero attached hydrogens (tertiary/aromatic N) is 4. The lowest BCUT2D eigenvalue weighted by molar-refractivity contribution is -0.142. The Morgan fingerprint density at radius 2 is 2.00 bits per heavy atom. The molecular formula is C23H23N5O2. The smallest absolute Gasteiger partial charge is 0.307 e. The number of aliphatic carboxylic acids is 1. The molecule has 7 nitrogen and oxygen atoms in total. The Bertz CT molecular complexity index is 1140. The second-order valence-electron chi connectivity index (χ2n) is 7.42. The normalized spacial score (nSPS) is 13.2. The summed E-state index contributed by atoms with van der Waals surface area (Å²) in [6.45, 7) is 1.98. The molecule has 152 valence electrons. The van der Waals surface area contributed by atoms with E-state index in [0.29, 0.717) is 18.7 Å². The predicted molar refractivity (Wildman–Crippen MR) is 114 cm³/mol. The van der Waals surface area contributed by atoms with Crippen LogP contribution in [0.4, 0.5) is 0 Å². The van der Waals surface area contributed by atoms with Crippen molar-refractivity contribution in [3.8, 4) is 11.1 Å². The van der Waals surface area contributed by atoms with Gasteiger partial charge < -0.3 is 5.11 Å². The average Bonchev–Trinajstić information content (AvgIpc) is 3.30. The number of hydrogen-bond acceptors (Lipinski definition) is 5. The van der Waals surface area contributed by atoms with Crippen molar-refractivity contribution in [2.75, 3.05) is 0 Å². The highest BCUT2D eigenvalue weighted by Gasteiger charge is 2.32. The molecule has 2 aromatic heterocycles. The lowest BCUT2D eigenvalue weighted by Crippen LogP contribution is -2.25. The molecule has 0 amide bonds. The molecule has 4 rings (SSSR count). The van der Waals surface area contributed by atoms with E-state index >= 15 is 0 Å². The van der Waals surface area contributed by atoms with Crippen molar-refractivity contribution in [3.63, 3.8) is 0 Å². The summed E-state index contributed by atoms with van der Waals surface area (Å²) in [6, 6.07) is 16.3. The van der Waals surface area contributed by atoms with Crippen LogP contribution in [0.2, 0.25) is 0 Å². The van der Waals surface area contributed by atoms with Gasteiger partial charge in [0.1, 0.15) is 0 Å². The zero-order chi connectivity index (χ0) is 20.9. The summed E-state index contributed by atoms with van der Waals surface area (Å²) in [4.78, 5) is 16.3. The first kappa shape index (κ1) is 19.7. The van der Waals surface area contributed by atoms with Crippen molar-refractivity contribution in [1.29, 1.82) is 0 Å².